The molecule has 2 aromatic carbocycles. The summed E-state index contributed by atoms with van der Waals surface area (Å²) in [5.74, 6) is 1.05. The van der Waals surface area contributed by atoms with Crippen molar-refractivity contribution in [2.45, 2.75) is 0 Å². The van der Waals surface area contributed by atoms with Crippen molar-refractivity contribution in [3.63, 3.8) is 0 Å². The van der Waals surface area contributed by atoms with Gasteiger partial charge in [-0.25, -0.2) is 9.82 Å². The average molecular weight is 362 g/mol. The Morgan fingerprint density at radius 1 is 1.04 bits per heavy atom. The van der Waals surface area contributed by atoms with Gasteiger partial charge in [0.2, 0.25) is 0 Å². The van der Waals surface area contributed by atoms with Crippen molar-refractivity contribution in [3.8, 4) is 23.0 Å². The number of nitrogens with one attached hydrogen (secondary N) is 1. The lowest BCUT2D eigenvalue weighted by Gasteiger charge is -2.11. The standard InChI is InChI=1S/C18H19FN2O5/c1-23-15-9-17(25-3)16(24-2)8-12(15)10-20-21-18(22)11-26-14-6-4-13(19)5-7-14/h4-10H,11H2,1-3H3,(H,21,22)/b20-10-. The summed E-state index contributed by atoms with van der Waals surface area (Å²) in [5, 5.41) is 3.87. The van der Waals surface area contributed by atoms with Crippen LogP contribution in [0.3, 0.4) is 0 Å². The molecule has 2 aromatic rings. The van der Waals surface area contributed by atoms with E-state index in [9.17, 15) is 9.18 Å². The summed E-state index contributed by atoms with van der Waals surface area (Å²) in [5.41, 5.74) is 2.92. The molecule has 0 radical (unpaired) electrons. The minimum atomic E-state index is -0.468. The van der Waals surface area contributed by atoms with Crippen molar-refractivity contribution in [1.29, 1.82) is 0 Å². The first-order valence-corrected chi connectivity index (χ1v) is 7.57. The molecule has 0 aliphatic rings. The Morgan fingerprint density at radius 3 is 2.27 bits per heavy atom. The summed E-state index contributed by atoms with van der Waals surface area (Å²) >= 11 is 0. The zero-order valence-corrected chi connectivity index (χ0v) is 14.6. The maximum absolute atomic E-state index is 12.8. The molecule has 0 fully saturated rings. The van der Waals surface area contributed by atoms with Gasteiger partial charge in [0.05, 0.1) is 27.5 Å². The minimum absolute atomic E-state index is 0.258. The zero-order chi connectivity index (χ0) is 18.9. The molecule has 0 saturated carbocycles. The van der Waals surface area contributed by atoms with E-state index >= 15 is 0 Å². The maximum atomic E-state index is 12.8. The van der Waals surface area contributed by atoms with Crippen molar-refractivity contribution < 1.29 is 28.1 Å². The van der Waals surface area contributed by atoms with Crippen LogP contribution in [-0.2, 0) is 4.79 Å². The summed E-state index contributed by atoms with van der Waals surface area (Å²) in [7, 11) is 4.54. The fraction of sp³-hybridized carbons (Fsp3) is 0.222. The summed E-state index contributed by atoms with van der Waals surface area (Å²) < 4.78 is 33.7. The number of halogens is 1. The lowest BCUT2D eigenvalue weighted by atomic mass is 10.2. The molecule has 1 N–H and O–H groups in total. The Hall–Kier alpha value is -3.29. The van der Waals surface area contributed by atoms with E-state index in [4.69, 9.17) is 18.9 Å². The van der Waals surface area contributed by atoms with E-state index in [1.54, 1.807) is 12.1 Å². The average Bonchev–Trinajstić information content (AvgIpc) is 2.67. The Morgan fingerprint density at radius 2 is 1.65 bits per heavy atom. The molecule has 0 atom stereocenters. The number of ether oxygens (including phenoxy) is 4. The number of amides is 1. The summed E-state index contributed by atoms with van der Waals surface area (Å²) in [6.45, 7) is -0.258. The number of carbonyl (C=O) groups excluding carboxylic acids is 1. The van der Waals surface area contributed by atoms with E-state index in [0.717, 1.165) is 0 Å². The third kappa shape index (κ3) is 5.10. The molecule has 0 saturated heterocycles. The van der Waals surface area contributed by atoms with Crippen LogP contribution in [0, 0.1) is 5.82 Å². The largest absolute Gasteiger partial charge is 0.496 e. The highest BCUT2D eigenvalue weighted by Crippen LogP contribution is 2.33. The van der Waals surface area contributed by atoms with Gasteiger partial charge in [0, 0.05) is 11.6 Å². The van der Waals surface area contributed by atoms with Crippen LogP contribution in [-0.4, -0.2) is 40.1 Å². The second kappa shape index (κ2) is 9.26. The van der Waals surface area contributed by atoms with Gasteiger partial charge in [0.25, 0.3) is 5.91 Å². The van der Waals surface area contributed by atoms with Gasteiger partial charge in [-0.1, -0.05) is 0 Å². The van der Waals surface area contributed by atoms with Crippen LogP contribution in [0.2, 0.25) is 0 Å². The summed E-state index contributed by atoms with van der Waals surface area (Å²) in [4.78, 5) is 11.8. The first-order chi connectivity index (χ1) is 12.6. The van der Waals surface area contributed by atoms with Gasteiger partial charge in [-0.05, 0) is 30.3 Å². The van der Waals surface area contributed by atoms with Gasteiger partial charge in [-0.3, -0.25) is 4.79 Å². The molecule has 26 heavy (non-hydrogen) atoms. The molecule has 0 bridgehead atoms. The van der Waals surface area contributed by atoms with E-state index in [1.165, 1.54) is 51.8 Å². The van der Waals surface area contributed by atoms with E-state index in [2.05, 4.69) is 10.5 Å². The lowest BCUT2D eigenvalue weighted by Crippen LogP contribution is -2.24. The first kappa shape index (κ1) is 19.0. The number of benzene rings is 2. The van der Waals surface area contributed by atoms with Crippen molar-refractivity contribution in [2.75, 3.05) is 27.9 Å². The van der Waals surface area contributed by atoms with E-state index in [1.807, 2.05) is 0 Å². The third-order valence-electron chi connectivity index (χ3n) is 3.31. The highest BCUT2D eigenvalue weighted by atomic mass is 19.1. The Labute approximate surface area is 150 Å². The first-order valence-electron chi connectivity index (χ1n) is 7.57. The van der Waals surface area contributed by atoms with Crippen LogP contribution in [0.25, 0.3) is 0 Å². The maximum Gasteiger partial charge on any atom is 0.277 e. The highest BCUT2D eigenvalue weighted by molar-refractivity contribution is 5.86. The number of hydrogen-bond acceptors (Lipinski definition) is 6. The van der Waals surface area contributed by atoms with Crippen molar-refractivity contribution in [1.82, 2.24) is 5.43 Å². The number of hydrogen-bond donors (Lipinski definition) is 1. The fourth-order valence-electron chi connectivity index (χ4n) is 2.04. The predicted molar refractivity (Wildman–Crippen MR) is 93.7 cm³/mol. The van der Waals surface area contributed by atoms with Crippen LogP contribution in [0.15, 0.2) is 41.5 Å². The van der Waals surface area contributed by atoms with Crippen LogP contribution in [0.4, 0.5) is 4.39 Å². The highest BCUT2D eigenvalue weighted by Gasteiger charge is 2.10. The van der Waals surface area contributed by atoms with E-state index in [-0.39, 0.29) is 12.4 Å². The van der Waals surface area contributed by atoms with Gasteiger partial charge in [0.1, 0.15) is 17.3 Å². The summed E-state index contributed by atoms with van der Waals surface area (Å²) in [6, 6.07) is 8.67. The second-order valence-corrected chi connectivity index (χ2v) is 4.98. The smallest absolute Gasteiger partial charge is 0.277 e. The number of rotatable bonds is 8. The molecule has 0 spiro atoms. The normalized spacial score (nSPS) is 10.5. The fourth-order valence-corrected chi connectivity index (χ4v) is 2.04. The van der Waals surface area contributed by atoms with Crippen LogP contribution in [0.1, 0.15) is 5.56 Å². The van der Waals surface area contributed by atoms with Crippen LogP contribution >= 0.6 is 0 Å². The Balaban J connectivity index is 1.96. The molecular weight excluding hydrogens is 343 g/mol. The molecule has 0 aromatic heterocycles. The number of hydrazone groups is 1. The second-order valence-electron chi connectivity index (χ2n) is 4.98. The minimum Gasteiger partial charge on any atom is -0.496 e. The molecule has 7 nitrogen and oxygen atoms in total. The Kier molecular flexibility index (Phi) is 6.78. The molecule has 2 rings (SSSR count). The molecule has 0 unspecified atom stereocenters. The molecule has 0 heterocycles. The molecule has 8 heteroatoms. The van der Waals surface area contributed by atoms with Gasteiger partial charge in [-0.15, -0.1) is 0 Å². The molecule has 1 amide bonds. The van der Waals surface area contributed by atoms with Crippen LogP contribution < -0.4 is 24.4 Å². The van der Waals surface area contributed by atoms with E-state index in [0.29, 0.717) is 28.6 Å². The monoisotopic (exact) mass is 362 g/mol. The SMILES string of the molecule is COc1cc(OC)c(OC)cc1/C=N\NC(=O)COc1ccc(F)cc1. The predicted octanol–water partition coefficient (Wildman–Crippen LogP) is 2.38. The number of methoxy groups -OCH3 is 3. The Bertz CT molecular complexity index is 778. The van der Waals surface area contributed by atoms with Gasteiger partial charge in [-0.2, -0.15) is 5.10 Å². The van der Waals surface area contributed by atoms with Crippen molar-refractivity contribution in [2.24, 2.45) is 5.10 Å². The van der Waals surface area contributed by atoms with Gasteiger partial charge >= 0.3 is 0 Å². The van der Waals surface area contributed by atoms with E-state index < -0.39 is 5.91 Å². The summed E-state index contributed by atoms with van der Waals surface area (Å²) in [6.07, 6.45) is 1.41. The quantitative estimate of drug-likeness (QED) is 0.576. The van der Waals surface area contributed by atoms with Crippen molar-refractivity contribution >= 4 is 12.1 Å². The third-order valence-corrected chi connectivity index (χ3v) is 3.31. The van der Waals surface area contributed by atoms with Gasteiger partial charge < -0.3 is 18.9 Å². The molecule has 0 aliphatic heterocycles. The zero-order valence-electron chi connectivity index (χ0n) is 14.6. The molecule has 138 valence electrons. The molecular formula is C18H19FN2O5. The van der Waals surface area contributed by atoms with Gasteiger partial charge in [0.15, 0.2) is 18.1 Å². The van der Waals surface area contributed by atoms with Crippen molar-refractivity contribution in [3.05, 3.63) is 47.8 Å². The number of carbonyl (C=O) groups is 1. The number of nitrogens with zero attached hydrogens (tertiary/aromatic N) is 1. The topological polar surface area (TPSA) is 78.4 Å². The van der Waals surface area contributed by atoms with Crippen LogP contribution in [0.5, 0.6) is 23.0 Å². The molecule has 0 aliphatic carbocycles. The lowest BCUT2D eigenvalue weighted by molar-refractivity contribution is -0.123.